The van der Waals surface area contributed by atoms with Crippen molar-refractivity contribution >= 4 is 12.0 Å². The highest BCUT2D eigenvalue weighted by molar-refractivity contribution is 5.74. The molecule has 0 spiro atoms. The van der Waals surface area contributed by atoms with Crippen molar-refractivity contribution in [3.05, 3.63) is 0 Å². The third-order valence-corrected chi connectivity index (χ3v) is 2.13. The van der Waals surface area contributed by atoms with Crippen LogP contribution >= 0.6 is 0 Å². The van der Waals surface area contributed by atoms with Crippen LogP contribution in [-0.2, 0) is 4.79 Å². The van der Waals surface area contributed by atoms with Gasteiger partial charge in [-0.15, -0.1) is 0 Å². The van der Waals surface area contributed by atoms with E-state index in [0.717, 1.165) is 0 Å². The summed E-state index contributed by atoms with van der Waals surface area (Å²) in [6.45, 7) is 3.10. The molecular formula is C10H20N2O4. The maximum atomic E-state index is 11.4. The first-order valence-corrected chi connectivity index (χ1v) is 5.47. The molecule has 0 aromatic heterocycles. The number of rotatable bonds is 8. The Morgan fingerprint density at radius 3 is 2.50 bits per heavy atom. The van der Waals surface area contributed by atoms with Crippen LogP contribution in [0.2, 0.25) is 0 Å². The number of nitrogens with one attached hydrogen (secondary N) is 1. The highest BCUT2D eigenvalue weighted by Gasteiger charge is 2.09. The Labute approximate surface area is 95.2 Å². The highest BCUT2D eigenvalue weighted by Crippen LogP contribution is 1.94. The van der Waals surface area contributed by atoms with Crippen LogP contribution < -0.4 is 5.32 Å². The van der Waals surface area contributed by atoms with E-state index >= 15 is 0 Å². The minimum atomic E-state index is -0.818. The fraction of sp³-hybridized carbons (Fsp3) is 0.800. The van der Waals surface area contributed by atoms with Crippen molar-refractivity contribution in [3.8, 4) is 0 Å². The maximum absolute atomic E-state index is 11.4. The minimum Gasteiger partial charge on any atom is -0.481 e. The monoisotopic (exact) mass is 232 g/mol. The Balaban J connectivity index is 3.59. The number of unbranched alkanes of at least 4 members (excludes halogenated alkanes) is 1. The van der Waals surface area contributed by atoms with Gasteiger partial charge in [0.1, 0.15) is 0 Å². The van der Waals surface area contributed by atoms with Crippen LogP contribution in [-0.4, -0.2) is 53.4 Å². The zero-order valence-corrected chi connectivity index (χ0v) is 9.61. The first-order valence-electron chi connectivity index (χ1n) is 5.47. The number of urea groups is 1. The molecule has 0 aliphatic carbocycles. The Hall–Kier alpha value is -1.30. The number of likely N-dealkylation sites (N-methyl/N-ethyl adjacent to an activating group) is 1. The van der Waals surface area contributed by atoms with Gasteiger partial charge in [-0.3, -0.25) is 4.79 Å². The van der Waals surface area contributed by atoms with Crippen LogP contribution in [0.5, 0.6) is 0 Å². The van der Waals surface area contributed by atoms with E-state index in [1.165, 1.54) is 4.90 Å². The largest absolute Gasteiger partial charge is 0.481 e. The minimum absolute atomic E-state index is 0.0553. The normalized spacial score (nSPS) is 9.88. The third-order valence-electron chi connectivity index (χ3n) is 2.13. The van der Waals surface area contributed by atoms with Gasteiger partial charge >= 0.3 is 12.0 Å². The standard InChI is InChI=1S/C10H20N2O4/c1-2-12(7-8-13)10(16)11-6-4-3-5-9(14)15/h13H,2-8H2,1H3,(H,11,16)(H,14,15). The van der Waals surface area contributed by atoms with Crippen LogP contribution in [0.4, 0.5) is 4.79 Å². The molecule has 2 amide bonds. The van der Waals surface area contributed by atoms with Crippen molar-refractivity contribution in [3.63, 3.8) is 0 Å². The van der Waals surface area contributed by atoms with Gasteiger partial charge in [0.15, 0.2) is 0 Å². The molecule has 0 aliphatic heterocycles. The fourth-order valence-electron chi connectivity index (χ4n) is 1.23. The molecule has 0 aliphatic rings. The number of hydrogen-bond donors (Lipinski definition) is 3. The molecule has 3 N–H and O–H groups in total. The van der Waals surface area contributed by atoms with Crippen LogP contribution in [0.15, 0.2) is 0 Å². The number of aliphatic hydroxyl groups excluding tert-OH is 1. The Bertz CT molecular complexity index is 221. The number of carboxylic acid groups (broad SMARTS) is 1. The number of aliphatic hydroxyl groups is 1. The third kappa shape index (κ3) is 7.05. The summed E-state index contributed by atoms with van der Waals surface area (Å²) < 4.78 is 0. The van der Waals surface area contributed by atoms with Gasteiger partial charge in [0, 0.05) is 26.1 Å². The van der Waals surface area contributed by atoms with E-state index < -0.39 is 5.97 Å². The molecule has 0 radical (unpaired) electrons. The van der Waals surface area contributed by atoms with E-state index in [-0.39, 0.29) is 19.1 Å². The number of amides is 2. The Kier molecular flexibility index (Phi) is 8.24. The van der Waals surface area contributed by atoms with E-state index in [1.807, 2.05) is 6.92 Å². The van der Waals surface area contributed by atoms with Crippen molar-refractivity contribution in [1.29, 1.82) is 0 Å². The summed E-state index contributed by atoms with van der Waals surface area (Å²) >= 11 is 0. The average molecular weight is 232 g/mol. The number of carbonyl (C=O) groups excluding carboxylic acids is 1. The number of carbonyl (C=O) groups is 2. The van der Waals surface area contributed by atoms with Crippen molar-refractivity contribution in [1.82, 2.24) is 10.2 Å². The van der Waals surface area contributed by atoms with Gasteiger partial charge in [-0.25, -0.2) is 4.79 Å². The quantitative estimate of drug-likeness (QED) is 0.524. The molecule has 0 unspecified atom stereocenters. The lowest BCUT2D eigenvalue weighted by atomic mass is 10.2. The summed E-state index contributed by atoms with van der Waals surface area (Å²) in [5.41, 5.74) is 0. The van der Waals surface area contributed by atoms with Gasteiger partial charge < -0.3 is 20.4 Å². The highest BCUT2D eigenvalue weighted by atomic mass is 16.4. The Morgan fingerprint density at radius 2 is 2.00 bits per heavy atom. The molecule has 16 heavy (non-hydrogen) atoms. The number of nitrogens with zero attached hydrogens (tertiary/aromatic N) is 1. The van der Waals surface area contributed by atoms with Crippen molar-refractivity contribution in [2.75, 3.05) is 26.2 Å². The van der Waals surface area contributed by atoms with Crippen LogP contribution in [0, 0.1) is 0 Å². The summed E-state index contributed by atoms with van der Waals surface area (Å²) in [7, 11) is 0. The molecule has 0 aromatic carbocycles. The molecule has 6 heteroatoms. The number of aliphatic carboxylic acids is 1. The predicted octanol–water partition coefficient (Wildman–Crippen LogP) is 0.265. The van der Waals surface area contributed by atoms with Gasteiger partial charge in [0.2, 0.25) is 0 Å². The van der Waals surface area contributed by atoms with Crippen LogP contribution in [0.1, 0.15) is 26.2 Å². The topological polar surface area (TPSA) is 89.9 Å². The number of hydrogen-bond acceptors (Lipinski definition) is 3. The van der Waals surface area contributed by atoms with E-state index in [1.54, 1.807) is 0 Å². The summed E-state index contributed by atoms with van der Waals surface area (Å²) in [5, 5.41) is 19.8. The molecule has 0 aromatic rings. The summed E-state index contributed by atoms with van der Waals surface area (Å²) in [6.07, 6.45) is 1.33. The summed E-state index contributed by atoms with van der Waals surface area (Å²) in [6, 6.07) is -0.216. The van der Waals surface area contributed by atoms with Crippen LogP contribution in [0.3, 0.4) is 0 Å². The van der Waals surface area contributed by atoms with Gasteiger partial charge in [-0.1, -0.05) is 0 Å². The SMILES string of the molecule is CCN(CCO)C(=O)NCCCCC(=O)O. The lowest BCUT2D eigenvalue weighted by Gasteiger charge is -2.20. The van der Waals surface area contributed by atoms with Gasteiger partial charge in [-0.05, 0) is 19.8 Å². The van der Waals surface area contributed by atoms with E-state index in [9.17, 15) is 9.59 Å². The summed E-state index contributed by atoms with van der Waals surface area (Å²) in [4.78, 5) is 23.2. The van der Waals surface area contributed by atoms with Gasteiger partial charge in [0.05, 0.1) is 6.61 Å². The van der Waals surface area contributed by atoms with Gasteiger partial charge in [-0.2, -0.15) is 0 Å². The Morgan fingerprint density at radius 1 is 1.31 bits per heavy atom. The second kappa shape index (κ2) is 8.96. The molecule has 0 heterocycles. The molecule has 0 fully saturated rings. The second-order valence-corrected chi connectivity index (χ2v) is 3.39. The van der Waals surface area contributed by atoms with Crippen LogP contribution in [0.25, 0.3) is 0 Å². The van der Waals surface area contributed by atoms with E-state index in [0.29, 0.717) is 32.5 Å². The van der Waals surface area contributed by atoms with E-state index in [4.69, 9.17) is 10.2 Å². The van der Waals surface area contributed by atoms with Crippen molar-refractivity contribution in [2.24, 2.45) is 0 Å². The first-order chi connectivity index (χ1) is 7.61. The van der Waals surface area contributed by atoms with Crippen molar-refractivity contribution < 1.29 is 19.8 Å². The summed E-state index contributed by atoms with van der Waals surface area (Å²) in [5.74, 6) is -0.818. The number of carboxylic acids is 1. The molecule has 0 bridgehead atoms. The second-order valence-electron chi connectivity index (χ2n) is 3.39. The zero-order valence-electron chi connectivity index (χ0n) is 9.61. The van der Waals surface area contributed by atoms with E-state index in [2.05, 4.69) is 5.32 Å². The fourth-order valence-corrected chi connectivity index (χ4v) is 1.23. The first kappa shape index (κ1) is 14.7. The molecule has 94 valence electrons. The smallest absolute Gasteiger partial charge is 0.317 e. The predicted molar refractivity (Wildman–Crippen MR) is 59.2 cm³/mol. The molecule has 0 saturated carbocycles. The zero-order chi connectivity index (χ0) is 12.4. The molecule has 6 nitrogen and oxygen atoms in total. The molecule has 0 rings (SSSR count). The molecular weight excluding hydrogens is 212 g/mol. The van der Waals surface area contributed by atoms with Crippen molar-refractivity contribution in [2.45, 2.75) is 26.2 Å². The maximum Gasteiger partial charge on any atom is 0.317 e. The average Bonchev–Trinajstić information content (AvgIpc) is 2.24. The molecule has 0 saturated heterocycles. The van der Waals surface area contributed by atoms with Gasteiger partial charge in [0.25, 0.3) is 0 Å². The lowest BCUT2D eigenvalue weighted by molar-refractivity contribution is -0.137. The lowest BCUT2D eigenvalue weighted by Crippen LogP contribution is -2.41. The molecule has 0 atom stereocenters.